The van der Waals surface area contributed by atoms with Crippen molar-refractivity contribution >= 4 is 51.1 Å². The Hall–Kier alpha value is -0.0500. The lowest BCUT2D eigenvalue weighted by molar-refractivity contribution is -0.117. The van der Waals surface area contributed by atoms with Crippen molar-refractivity contribution in [1.82, 2.24) is 0 Å². The van der Waals surface area contributed by atoms with Crippen LogP contribution in [0.4, 0.5) is 0 Å². The summed E-state index contributed by atoms with van der Waals surface area (Å²) in [4.78, 5) is 10.6. The molecule has 70 valence electrons. The number of nitrogens with two attached hydrogens (primary N) is 1. The number of benzene rings is 1. The van der Waals surface area contributed by atoms with Crippen LogP contribution in [-0.4, -0.2) is 11.0 Å². The third-order valence-corrected chi connectivity index (χ3v) is 3.10. The molecule has 0 heterocycles. The van der Waals surface area contributed by atoms with Crippen LogP contribution in [0.2, 0.25) is 0 Å². The minimum Gasteiger partial charge on any atom is -0.506 e. The van der Waals surface area contributed by atoms with E-state index in [2.05, 4.69) is 0 Å². The Labute approximate surface area is 103 Å². The number of halogens is 2. The van der Waals surface area contributed by atoms with Crippen molar-refractivity contribution in [3.05, 3.63) is 24.8 Å². The van der Waals surface area contributed by atoms with Gasteiger partial charge in [0.25, 0.3) is 0 Å². The fourth-order valence-corrected chi connectivity index (χ4v) is 2.82. The van der Waals surface area contributed by atoms with E-state index in [0.29, 0.717) is 0 Å². The van der Waals surface area contributed by atoms with Gasteiger partial charge in [-0.05, 0) is 62.9 Å². The molecule has 0 bridgehead atoms. The van der Waals surface area contributed by atoms with E-state index in [1.54, 1.807) is 12.1 Å². The zero-order chi connectivity index (χ0) is 10.0. The third kappa shape index (κ3) is 2.97. The third-order valence-electron chi connectivity index (χ3n) is 1.46. The molecule has 0 aliphatic rings. The van der Waals surface area contributed by atoms with Crippen molar-refractivity contribution in [3.8, 4) is 5.75 Å². The van der Waals surface area contributed by atoms with E-state index in [1.807, 2.05) is 45.2 Å². The van der Waals surface area contributed by atoms with E-state index in [1.165, 1.54) is 0 Å². The van der Waals surface area contributed by atoms with E-state index in [0.717, 1.165) is 12.7 Å². The maximum Gasteiger partial charge on any atom is 0.221 e. The van der Waals surface area contributed by atoms with E-state index < -0.39 is 0 Å². The van der Waals surface area contributed by atoms with Gasteiger partial charge in [-0.15, -0.1) is 0 Å². The summed E-state index contributed by atoms with van der Waals surface area (Å²) in [5.74, 6) is -0.105. The van der Waals surface area contributed by atoms with Crippen LogP contribution in [0.1, 0.15) is 5.56 Å². The summed E-state index contributed by atoms with van der Waals surface area (Å²) in [5.41, 5.74) is 5.89. The molecule has 1 aromatic rings. The highest BCUT2D eigenvalue weighted by atomic mass is 127. The molecule has 1 aromatic carbocycles. The lowest BCUT2D eigenvalue weighted by atomic mass is 10.1. The fourth-order valence-electron chi connectivity index (χ4n) is 0.921. The van der Waals surface area contributed by atoms with E-state index >= 15 is 0 Å². The van der Waals surface area contributed by atoms with Gasteiger partial charge in [-0.1, -0.05) is 0 Å². The number of primary amides is 1. The first-order chi connectivity index (χ1) is 6.00. The zero-order valence-electron chi connectivity index (χ0n) is 6.55. The number of amides is 1. The summed E-state index contributed by atoms with van der Waals surface area (Å²) in [7, 11) is 0. The number of phenolic OH excluding ortho intramolecular Hbond substituents is 1. The average molecular weight is 403 g/mol. The monoisotopic (exact) mass is 403 g/mol. The molecule has 0 aliphatic heterocycles. The Morgan fingerprint density at radius 1 is 1.38 bits per heavy atom. The molecule has 0 atom stereocenters. The Kier molecular flexibility index (Phi) is 3.77. The van der Waals surface area contributed by atoms with Gasteiger partial charge in [0.2, 0.25) is 5.91 Å². The molecule has 0 fully saturated rings. The lowest BCUT2D eigenvalue weighted by Gasteiger charge is -2.03. The van der Waals surface area contributed by atoms with Crippen LogP contribution in [0.25, 0.3) is 0 Å². The second kappa shape index (κ2) is 4.45. The van der Waals surface area contributed by atoms with Crippen molar-refractivity contribution in [2.75, 3.05) is 0 Å². The van der Waals surface area contributed by atoms with Crippen LogP contribution >= 0.6 is 45.2 Å². The topological polar surface area (TPSA) is 63.3 Å². The summed E-state index contributed by atoms with van der Waals surface area (Å²) in [5, 5.41) is 9.43. The molecule has 0 aliphatic carbocycles. The summed E-state index contributed by atoms with van der Waals surface area (Å²) in [6, 6.07) is 3.51. The first kappa shape index (κ1) is 11.0. The van der Waals surface area contributed by atoms with Crippen molar-refractivity contribution in [2.45, 2.75) is 6.42 Å². The first-order valence-corrected chi connectivity index (χ1v) is 5.61. The molecule has 1 amide bonds. The van der Waals surface area contributed by atoms with Crippen LogP contribution < -0.4 is 5.73 Å². The number of rotatable bonds is 2. The molecule has 0 radical (unpaired) electrons. The van der Waals surface area contributed by atoms with Crippen LogP contribution in [0.5, 0.6) is 5.75 Å². The summed E-state index contributed by atoms with van der Waals surface area (Å²) < 4.78 is 1.47. The van der Waals surface area contributed by atoms with Gasteiger partial charge in [0, 0.05) is 0 Å². The number of hydrogen-bond acceptors (Lipinski definition) is 2. The highest BCUT2D eigenvalue weighted by molar-refractivity contribution is 14.1. The smallest absolute Gasteiger partial charge is 0.221 e. The minimum atomic E-state index is -0.364. The van der Waals surface area contributed by atoms with Crippen LogP contribution in [-0.2, 0) is 11.2 Å². The molecular weight excluding hydrogens is 396 g/mol. The second-order valence-electron chi connectivity index (χ2n) is 2.55. The summed E-state index contributed by atoms with van der Waals surface area (Å²) >= 11 is 4.03. The normalized spacial score (nSPS) is 10.0. The molecule has 1 rings (SSSR count). The van der Waals surface area contributed by atoms with Gasteiger partial charge >= 0.3 is 0 Å². The van der Waals surface area contributed by atoms with Crippen LogP contribution in [0.15, 0.2) is 12.1 Å². The maximum absolute atomic E-state index is 10.6. The Balaban J connectivity index is 3.06. The Morgan fingerprint density at radius 3 is 2.23 bits per heavy atom. The van der Waals surface area contributed by atoms with Crippen LogP contribution in [0, 0.1) is 7.14 Å². The lowest BCUT2D eigenvalue weighted by Crippen LogP contribution is -2.13. The van der Waals surface area contributed by atoms with E-state index in [9.17, 15) is 9.90 Å². The molecule has 3 N–H and O–H groups in total. The quantitative estimate of drug-likeness (QED) is 0.738. The van der Waals surface area contributed by atoms with Gasteiger partial charge < -0.3 is 10.8 Å². The van der Waals surface area contributed by atoms with Crippen molar-refractivity contribution in [2.24, 2.45) is 5.73 Å². The highest BCUT2D eigenvalue weighted by Crippen LogP contribution is 2.27. The predicted octanol–water partition coefficient (Wildman–Crippen LogP) is 1.63. The highest BCUT2D eigenvalue weighted by Gasteiger charge is 2.06. The molecular formula is C8H7I2NO2. The standard InChI is InChI=1S/C8H7I2NO2/c9-5-1-4(3-7(11)12)2-6(10)8(5)13/h1-2,13H,3H2,(H2,11,12). The van der Waals surface area contributed by atoms with Gasteiger partial charge in [0.1, 0.15) is 5.75 Å². The molecule has 0 aromatic heterocycles. The first-order valence-electron chi connectivity index (χ1n) is 3.46. The number of aromatic hydroxyl groups is 1. The maximum atomic E-state index is 10.6. The predicted molar refractivity (Wildman–Crippen MR) is 66.4 cm³/mol. The van der Waals surface area contributed by atoms with Gasteiger partial charge in [-0.25, -0.2) is 0 Å². The van der Waals surface area contributed by atoms with E-state index in [4.69, 9.17) is 5.73 Å². The fraction of sp³-hybridized carbons (Fsp3) is 0.125. The number of carbonyl (C=O) groups is 1. The number of phenols is 1. The van der Waals surface area contributed by atoms with E-state index in [-0.39, 0.29) is 18.1 Å². The summed E-state index contributed by atoms with van der Waals surface area (Å²) in [6.45, 7) is 0. The Bertz CT molecular complexity index is 329. The average Bonchev–Trinajstić information content (AvgIpc) is 1.98. The molecule has 0 saturated heterocycles. The SMILES string of the molecule is NC(=O)Cc1cc(I)c(O)c(I)c1. The van der Waals surface area contributed by atoms with Crippen molar-refractivity contribution < 1.29 is 9.90 Å². The van der Waals surface area contributed by atoms with Crippen molar-refractivity contribution in [3.63, 3.8) is 0 Å². The van der Waals surface area contributed by atoms with Crippen LogP contribution in [0.3, 0.4) is 0 Å². The second-order valence-corrected chi connectivity index (χ2v) is 4.88. The van der Waals surface area contributed by atoms with Gasteiger partial charge in [-0.3, -0.25) is 4.79 Å². The summed E-state index contributed by atoms with van der Waals surface area (Å²) in [6.07, 6.45) is 0.215. The Morgan fingerprint density at radius 2 is 1.85 bits per heavy atom. The van der Waals surface area contributed by atoms with Gasteiger partial charge in [0.15, 0.2) is 0 Å². The minimum absolute atomic E-state index is 0.215. The number of hydrogen-bond donors (Lipinski definition) is 2. The van der Waals surface area contributed by atoms with Gasteiger partial charge in [-0.2, -0.15) is 0 Å². The molecule has 13 heavy (non-hydrogen) atoms. The molecule has 3 nitrogen and oxygen atoms in total. The van der Waals surface area contributed by atoms with Gasteiger partial charge in [0.05, 0.1) is 13.6 Å². The molecule has 0 spiro atoms. The molecule has 5 heteroatoms. The molecule has 0 unspecified atom stereocenters. The van der Waals surface area contributed by atoms with Crippen molar-refractivity contribution in [1.29, 1.82) is 0 Å². The zero-order valence-corrected chi connectivity index (χ0v) is 10.9. The molecule has 0 saturated carbocycles. The number of carbonyl (C=O) groups excluding carboxylic acids is 1. The largest absolute Gasteiger partial charge is 0.506 e.